The summed E-state index contributed by atoms with van der Waals surface area (Å²) >= 11 is 0. The van der Waals surface area contributed by atoms with Crippen molar-refractivity contribution in [1.82, 2.24) is 4.98 Å². The Hall–Kier alpha value is -4.91. The molecule has 1 unspecified atom stereocenters. The molecule has 0 spiro atoms. The number of hydrogen-bond acceptors (Lipinski definition) is 5. The number of benzene rings is 5. The Bertz CT molecular complexity index is 2200. The van der Waals surface area contributed by atoms with E-state index in [1.54, 1.807) is 21.3 Å². The Morgan fingerprint density at radius 2 is 1.56 bits per heavy atom. The summed E-state index contributed by atoms with van der Waals surface area (Å²) in [6, 6.07) is 36.1. The van der Waals surface area contributed by atoms with Crippen molar-refractivity contribution >= 4 is 46.4 Å². The topological polar surface area (TPSA) is 63.6 Å². The van der Waals surface area contributed by atoms with Crippen molar-refractivity contribution in [2.45, 2.75) is 58.0 Å². The molecule has 6 heteroatoms. The maximum atomic E-state index is 10.5. The van der Waals surface area contributed by atoms with Gasteiger partial charge in [-0.2, -0.15) is 0 Å². The summed E-state index contributed by atoms with van der Waals surface area (Å²) in [7, 11) is 1.71. The third-order valence-corrected chi connectivity index (χ3v) is 10.0. The zero-order chi connectivity index (χ0) is 33.0. The second kappa shape index (κ2) is 11.7. The Balaban J connectivity index is 1.24. The smallest absolute Gasteiger partial charge is 0.330 e. The van der Waals surface area contributed by atoms with Crippen molar-refractivity contribution in [1.29, 1.82) is 0 Å². The third kappa shape index (κ3) is 5.45. The van der Waals surface area contributed by atoms with Crippen LogP contribution in [0.5, 0.6) is 5.75 Å². The normalized spacial score (nSPS) is 15.6. The summed E-state index contributed by atoms with van der Waals surface area (Å²) in [4.78, 5) is 5.34. The molecule has 6 aromatic rings. The van der Waals surface area contributed by atoms with Gasteiger partial charge in [-0.25, -0.2) is 4.98 Å². The van der Waals surface area contributed by atoms with E-state index in [1.165, 1.54) is 16.7 Å². The molecule has 237 valence electrons. The second-order valence-electron chi connectivity index (χ2n) is 13.9. The van der Waals surface area contributed by atoms with Gasteiger partial charge in [0.2, 0.25) is 0 Å². The number of fused-ring (bicyclic) bond motifs is 6. The SMILES string of the molecule is CC(C)(O)C(C)(C)O[B]c1ccc(-c2nc3cc(-c4ccc5c(c4)C=CCC5)ccc3c3c4c(ccc23)OC(c2ccccc2)N4)cc1. The van der Waals surface area contributed by atoms with Gasteiger partial charge in [0, 0.05) is 27.3 Å². The standard InChI is InChI=1S/C42H38BN2O3/c1-41(2,46)42(3,4)48-43-32-19-16-27(17-20-32)38-34-22-23-36-39(45-40(47-36)28-11-6-5-7-12-28)37(34)33-21-18-31(25-35(33)44-38)30-15-14-26-10-8-9-13-29(26)24-30/h5-7,9,11-25,40,45-46H,8,10H2,1-4H3. The maximum absolute atomic E-state index is 10.5. The second-order valence-corrected chi connectivity index (χ2v) is 13.9. The number of pyridine rings is 1. The summed E-state index contributed by atoms with van der Waals surface area (Å²) in [5, 5.41) is 17.4. The Morgan fingerprint density at radius 3 is 2.35 bits per heavy atom. The highest BCUT2D eigenvalue weighted by molar-refractivity contribution is 6.47. The lowest BCUT2D eigenvalue weighted by Gasteiger charge is -2.37. The summed E-state index contributed by atoms with van der Waals surface area (Å²) in [6.45, 7) is 7.29. The van der Waals surface area contributed by atoms with Gasteiger partial charge in [-0.3, -0.25) is 0 Å². The van der Waals surface area contributed by atoms with Crippen LogP contribution in [0.4, 0.5) is 5.69 Å². The largest absolute Gasteiger partial charge is 0.464 e. The van der Waals surface area contributed by atoms with E-state index in [2.05, 4.69) is 84.2 Å². The monoisotopic (exact) mass is 629 g/mol. The zero-order valence-corrected chi connectivity index (χ0v) is 27.7. The highest BCUT2D eigenvalue weighted by Crippen LogP contribution is 2.47. The molecule has 0 saturated heterocycles. The molecule has 2 heterocycles. The van der Waals surface area contributed by atoms with Gasteiger partial charge in [0.05, 0.1) is 28.1 Å². The van der Waals surface area contributed by atoms with Gasteiger partial charge in [-0.1, -0.05) is 96.5 Å². The fourth-order valence-corrected chi connectivity index (χ4v) is 6.47. The molecule has 1 atom stereocenters. The van der Waals surface area contributed by atoms with Gasteiger partial charge >= 0.3 is 7.48 Å². The predicted octanol–water partition coefficient (Wildman–Crippen LogP) is 9.00. The van der Waals surface area contributed by atoms with Crippen LogP contribution in [-0.2, 0) is 11.1 Å². The Morgan fingerprint density at radius 1 is 0.833 bits per heavy atom. The van der Waals surface area contributed by atoms with Crippen molar-refractivity contribution in [2.75, 3.05) is 5.32 Å². The molecule has 2 aliphatic rings. The van der Waals surface area contributed by atoms with E-state index < -0.39 is 11.2 Å². The van der Waals surface area contributed by atoms with Crippen molar-refractivity contribution in [3.63, 3.8) is 0 Å². The van der Waals surface area contributed by atoms with Crippen LogP contribution in [0, 0.1) is 0 Å². The molecule has 1 radical (unpaired) electrons. The number of nitrogens with zero attached hydrogens (tertiary/aromatic N) is 1. The number of hydrogen-bond donors (Lipinski definition) is 2. The number of aliphatic hydroxyl groups is 1. The number of anilines is 1. The molecule has 5 nitrogen and oxygen atoms in total. The van der Waals surface area contributed by atoms with Crippen LogP contribution in [0.15, 0.2) is 109 Å². The van der Waals surface area contributed by atoms with Crippen LogP contribution in [0.25, 0.3) is 50.1 Å². The number of nitrogens with one attached hydrogen (secondary N) is 1. The zero-order valence-electron chi connectivity index (χ0n) is 27.7. The van der Waals surface area contributed by atoms with E-state index in [9.17, 15) is 5.11 Å². The molecule has 0 saturated carbocycles. The number of rotatable bonds is 7. The van der Waals surface area contributed by atoms with Crippen molar-refractivity contribution in [3.8, 4) is 28.1 Å². The average molecular weight is 630 g/mol. The van der Waals surface area contributed by atoms with Crippen molar-refractivity contribution in [2.24, 2.45) is 0 Å². The quantitative estimate of drug-likeness (QED) is 0.136. The summed E-state index contributed by atoms with van der Waals surface area (Å²) in [5.74, 6) is 0.830. The van der Waals surface area contributed by atoms with E-state index in [1.807, 2.05) is 50.2 Å². The van der Waals surface area contributed by atoms with Gasteiger partial charge in [0.1, 0.15) is 5.75 Å². The summed E-state index contributed by atoms with van der Waals surface area (Å²) < 4.78 is 12.5. The molecule has 0 bridgehead atoms. The first kappa shape index (κ1) is 30.4. The molecule has 8 rings (SSSR count). The number of allylic oxidation sites excluding steroid dienone is 1. The molecule has 1 aromatic heterocycles. The van der Waals surface area contributed by atoms with Crippen molar-refractivity contribution < 1.29 is 14.5 Å². The average Bonchev–Trinajstić information content (AvgIpc) is 3.55. The molecule has 48 heavy (non-hydrogen) atoms. The van der Waals surface area contributed by atoms with E-state index in [0.29, 0.717) is 0 Å². The third-order valence-electron chi connectivity index (χ3n) is 10.0. The van der Waals surface area contributed by atoms with Crippen LogP contribution in [-0.4, -0.2) is 28.8 Å². The van der Waals surface area contributed by atoms with Crippen molar-refractivity contribution in [3.05, 3.63) is 126 Å². The van der Waals surface area contributed by atoms with E-state index >= 15 is 0 Å². The van der Waals surface area contributed by atoms with Crippen LogP contribution >= 0.6 is 0 Å². The number of aryl methyl sites for hydroxylation is 1. The van der Waals surface area contributed by atoms with Gasteiger partial charge in [0.15, 0.2) is 6.23 Å². The highest BCUT2D eigenvalue weighted by atomic mass is 16.5. The maximum Gasteiger partial charge on any atom is 0.330 e. The predicted molar refractivity (Wildman–Crippen MR) is 198 cm³/mol. The Labute approximate surface area is 282 Å². The summed E-state index contributed by atoms with van der Waals surface area (Å²) in [5.41, 5.74) is 9.06. The van der Waals surface area contributed by atoms with Crippen LogP contribution in [0.2, 0.25) is 0 Å². The van der Waals surface area contributed by atoms with E-state index in [-0.39, 0.29) is 6.23 Å². The van der Waals surface area contributed by atoms with Gasteiger partial charge in [0.25, 0.3) is 0 Å². The fraction of sp³-hybridized carbons (Fsp3) is 0.214. The van der Waals surface area contributed by atoms with Crippen LogP contribution in [0.1, 0.15) is 57.0 Å². The molecular weight excluding hydrogens is 591 g/mol. The molecule has 1 aliphatic carbocycles. The number of aromatic nitrogens is 1. The lowest BCUT2D eigenvalue weighted by molar-refractivity contribution is -0.0893. The van der Waals surface area contributed by atoms with Crippen LogP contribution < -0.4 is 15.5 Å². The molecule has 0 fully saturated rings. The highest BCUT2D eigenvalue weighted by Gasteiger charge is 2.35. The van der Waals surface area contributed by atoms with Gasteiger partial charge in [-0.15, -0.1) is 0 Å². The molecule has 5 aromatic carbocycles. The lowest BCUT2D eigenvalue weighted by atomic mass is 9.82. The first-order chi connectivity index (χ1) is 23.1. The molecular formula is C42H38BN2O3. The van der Waals surface area contributed by atoms with Gasteiger partial charge < -0.3 is 19.8 Å². The van der Waals surface area contributed by atoms with E-state index in [0.717, 1.165) is 73.8 Å². The van der Waals surface area contributed by atoms with Gasteiger partial charge in [-0.05, 0) is 87.1 Å². The first-order valence-corrected chi connectivity index (χ1v) is 16.7. The number of ether oxygens (including phenoxy) is 1. The molecule has 1 aliphatic heterocycles. The Kier molecular flexibility index (Phi) is 7.39. The fourth-order valence-electron chi connectivity index (χ4n) is 6.47. The minimum absolute atomic E-state index is 0.274. The lowest BCUT2D eigenvalue weighted by Crippen LogP contribution is -2.49. The molecule has 0 amide bonds. The van der Waals surface area contributed by atoms with Crippen LogP contribution in [0.3, 0.4) is 0 Å². The minimum Gasteiger partial charge on any atom is -0.464 e. The first-order valence-electron chi connectivity index (χ1n) is 16.7. The minimum atomic E-state index is -0.996. The summed E-state index contributed by atoms with van der Waals surface area (Å²) in [6.07, 6.45) is 6.41. The van der Waals surface area contributed by atoms with E-state index in [4.69, 9.17) is 14.4 Å². The molecule has 2 N–H and O–H groups in total.